The molecule has 114 valence electrons. The van der Waals surface area contributed by atoms with Gasteiger partial charge in [0.05, 0.1) is 12.3 Å². The molecule has 0 saturated heterocycles. The summed E-state index contributed by atoms with van der Waals surface area (Å²) in [5, 5.41) is 0. The molecule has 3 rings (SSSR count). The summed E-state index contributed by atoms with van der Waals surface area (Å²) in [6, 6.07) is 11.2. The van der Waals surface area contributed by atoms with Crippen LogP contribution in [0.2, 0.25) is 0 Å². The number of nitrogens with zero attached hydrogens (tertiary/aromatic N) is 1. The third-order valence-corrected chi connectivity index (χ3v) is 3.64. The summed E-state index contributed by atoms with van der Waals surface area (Å²) in [5.41, 5.74) is 8.89. The van der Waals surface area contributed by atoms with Crippen molar-refractivity contribution in [2.45, 2.75) is 0 Å². The molecule has 2 aromatic carbocycles. The second-order valence-corrected chi connectivity index (χ2v) is 5.64. The highest BCUT2D eigenvalue weighted by molar-refractivity contribution is 9.10. The molecule has 0 spiro atoms. The van der Waals surface area contributed by atoms with Gasteiger partial charge in [-0.3, -0.25) is 0 Å². The van der Waals surface area contributed by atoms with Crippen LogP contribution in [0.3, 0.4) is 0 Å². The number of nitrogen functional groups attached to an aromatic ring is 1. The van der Waals surface area contributed by atoms with Crippen LogP contribution < -0.4 is 10.5 Å². The fourth-order valence-electron chi connectivity index (χ4n) is 2.07. The number of halogens is 1. The van der Waals surface area contributed by atoms with Gasteiger partial charge >= 0.3 is 0 Å². The number of hydrogen-bond donors (Lipinski definition) is 1. The SMILES string of the molecule is COCCOc1ccc(-c2nc3cc(Br)ccc3o2)cc1N. The zero-order valence-corrected chi connectivity index (χ0v) is 13.6. The molecule has 0 atom stereocenters. The van der Waals surface area contributed by atoms with Crippen LogP contribution in [0.1, 0.15) is 0 Å². The standard InChI is InChI=1S/C16H15BrN2O3/c1-20-6-7-21-14-4-2-10(8-12(14)18)16-19-13-9-11(17)3-5-15(13)22-16/h2-5,8-9H,6-7,18H2,1H3. The van der Waals surface area contributed by atoms with Crippen molar-refractivity contribution in [3.63, 3.8) is 0 Å². The van der Waals surface area contributed by atoms with E-state index in [0.717, 1.165) is 21.1 Å². The number of fused-ring (bicyclic) bond motifs is 1. The van der Waals surface area contributed by atoms with Crippen molar-refractivity contribution < 1.29 is 13.9 Å². The number of methoxy groups -OCH3 is 1. The van der Waals surface area contributed by atoms with E-state index < -0.39 is 0 Å². The molecule has 1 aromatic heterocycles. The van der Waals surface area contributed by atoms with Crippen LogP contribution in [0.5, 0.6) is 5.75 Å². The Bertz CT molecular complexity index is 801. The zero-order chi connectivity index (χ0) is 15.5. The molecule has 3 aromatic rings. The molecule has 0 aliphatic heterocycles. The lowest BCUT2D eigenvalue weighted by Crippen LogP contribution is -2.05. The molecule has 0 fully saturated rings. The van der Waals surface area contributed by atoms with E-state index in [0.29, 0.717) is 30.5 Å². The fourth-order valence-corrected chi connectivity index (χ4v) is 2.42. The van der Waals surface area contributed by atoms with Crippen LogP contribution in [0.4, 0.5) is 5.69 Å². The first kappa shape index (κ1) is 14.9. The Kier molecular flexibility index (Phi) is 4.31. The molecule has 22 heavy (non-hydrogen) atoms. The Morgan fingerprint density at radius 1 is 1.18 bits per heavy atom. The van der Waals surface area contributed by atoms with Crippen LogP contribution in [-0.2, 0) is 4.74 Å². The van der Waals surface area contributed by atoms with E-state index >= 15 is 0 Å². The van der Waals surface area contributed by atoms with Crippen molar-refractivity contribution in [2.24, 2.45) is 0 Å². The van der Waals surface area contributed by atoms with E-state index in [-0.39, 0.29) is 0 Å². The van der Waals surface area contributed by atoms with Gasteiger partial charge in [0.25, 0.3) is 0 Å². The predicted molar refractivity (Wildman–Crippen MR) is 88.9 cm³/mol. The van der Waals surface area contributed by atoms with Crippen molar-refractivity contribution in [1.82, 2.24) is 4.98 Å². The topological polar surface area (TPSA) is 70.5 Å². The summed E-state index contributed by atoms with van der Waals surface area (Å²) < 4.78 is 17.2. The lowest BCUT2D eigenvalue weighted by Gasteiger charge is -2.08. The zero-order valence-electron chi connectivity index (χ0n) is 12.0. The number of anilines is 1. The number of oxazole rings is 1. The first-order valence-electron chi connectivity index (χ1n) is 6.75. The van der Waals surface area contributed by atoms with Gasteiger partial charge in [-0.15, -0.1) is 0 Å². The molecule has 1 heterocycles. The predicted octanol–water partition coefficient (Wildman–Crippen LogP) is 3.86. The largest absolute Gasteiger partial charge is 0.489 e. The number of hydrogen-bond acceptors (Lipinski definition) is 5. The van der Waals surface area contributed by atoms with Gasteiger partial charge < -0.3 is 19.6 Å². The van der Waals surface area contributed by atoms with Gasteiger partial charge in [-0.1, -0.05) is 15.9 Å². The minimum Gasteiger partial charge on any atom is -0.489 e. The van der Waals surface area contributed by atoms with Gasteiger partial charge in [0.1, 0.15) is 17.9 Å². The average Bonchev–Trinajstić information content (AvgIpc) is 2.92. The van der Waals surface area contributed by atoms with Gasteiger partial charge in [-0.2, -0.15) is 0 Å². The Labute approximate surface area is 136 Å². The summed E-state index contributed by atoms with van der Waals surface area (Å²) >= 11 is 3.42. The number of benzene rings is 2. The third kappa shape index (κ3) is 3.08. The van der Waals surface area contributed by atoms with Crippen molar-refractivity contribution >= 4 is 32.7 Å². The van der Waals surface area contributed by atoms with Crippen LogP contribution >= 0.6 is 15.9 Å². The van der Waals surface area contributed by atoms with Crippen molar-refractivity contribution in [1.29, 1.82) is 0 Å². The van der Waals surface area contributed by atoms with E-state index in [1.165, 1.54) is 0 Å². The van der Waals surface area contributed by atoms with Gasteiger partial charge in [0.15, 0.2) is 5.58 Å². The average molecular weight is 363 g/mol. The van der Waals surface area contributed by atoms with Crippen molar-refractivity contribution in [3.05, 3.63) is 40.9 Å². The maximum absolute atomic E-state index is 6.02. The van der Waals surface area contributed by atoms with Crippen LogP contribution in [-0.4, -0.2) is 25.3 Å². The summed E-state index contributed by atoms with van der Waals surface area (Å²) in [6.45, 7) is 0.970. The summed E-state index contributed by atoms with van der Waals surface area (Å²) in [7, 11) is 1.63. The van der Waals surface area contributed by atoms with E-state index in [1.54, 1.807) is 13.2 Å². The van der Waals surface area contributed by atoms with E-state index in [2.05, 4.69) is 20.9 Å². The minimum absolute atomic E-state index is 0.455. The minimum atomic E-state index is 0.455. The van der Waals surface area contributed by atoms with Crippen LogP contribution in [0.25, 0.3) is 22.6 Å². The van der Waals surface area contributed by atoms with Crippen LogP contribution in [0.15, 0.2) is 45.3 Å². The maximum atomic E-state index is 6.02. The number of aromatic nitrogens is 1. The smallest absolute Gasteiger partial charge is 0.227 e. The van der Waals surface area contributed by atoms with Gasteiger partial charge in [0, 0.05) is 17.1 Å². The molecule has 0 radical (unpaired) electrons. The third-order valence-electron chi connectivity index (χ3n) is 3.15. The highest BCUT2D eigenvalue weighted by Crippen LogP contribution is 2.30. The van der Waals surface area contributed by atoms with Crippen molar-refractivity contribution in [2.75, 3.05) is 26.1 Å². The highest BCUT2D eigenvalue weighted by Gasteiger charge is 2.10. The monoisotopic (exact) mass is 362 g/mol. The van der Waals surface area contributed by atoms with Gasteiger partial charge in [-0.25, -0.2) is 4.98 Å². The maximum Gasteiger partial charge on any atom is 0.227 e. The molecular weight excluding hydrogens is 348 g/mol. The molecule has 5 nitrogen and oxygen atoms in total. The molecule has 0 saturated carbocycles. The first-order valence-corrected chi connectivity index (χ1v) is 7.54. The number of nitrogens with two attached hydrogens (primary N) is 1. The normalized spacial score (nSPS) is 11.0. The van der Waals surface area contributed by atoms with E-state index in [1.807, 2.05) is 30.3 Å². The van der Waals surface area contributed by atoms with Gasteiger partial charge in [0.2, 0.25) is 5.89 Å². The first-order chi connectivity index (χ1) is 10.7. The molecule has 0 bridgehead atoms. The molecule has 6 heteroatoms. The van der Waals surface area contributed by atoms with Gasteiger partial charge in [-0.05, 0) is 36.4 Å². The summed E-state index contributed by atoms with van der Waals surface area (Å²) in [5.74, 6) is 1.16. The molecule has 0 aliphatic carbocycles. The molecule has 2 N–H and O–H groups in total. The summed E-state index contributed by atoms with van der Waals surface area (Å²) in [4.78, 5) is 4.48. The fraction of sp³-hybridized carbons (Fsp3) is 0.188. The second kappa shape index (κ2) is 6.37. The molecule has 0 aliphatic rings. The lowest BCUT2D eigenvalue weighted by atomic mass is 10.2. The van der Waals surface area contributed by atoms with Crippen LogP contribution in [0, 0.1) is 0 Å². The quantitative estimate of drug-likeness (QED) is 0.551. The summed E-state index contributed by atoms with van der Waals surface area (Å²) in [6.07, 6.45) is 0. The molecular formula is C16H15BrN2O3. The Hall–Kier alpha value is -2.05. The highest BCUT2D eigenvalue weighted by atomic mass is 79.9. The van der Waals surface area contributed by atoms with Crippen molar-refractivity contribution in [3.8, 4) is 17.2 Å². The Balaban J connectivity index is 1.88. The number of rotatable bonds is 5. The van der Waals surface area contributed by atoms with E-state index in [9.17, 15) is 0 Å². The Morgan fingerprint density at radius 3 is 2.82 bits per heavy atom. The molecule has 0 unspecified atom stereocenters. The lowest BCUT2D eigenvalue weighted by molar-refractivity contribution is 0.146. The Morgan fingerprint density at radius 2 is 2.05 bits per heavy atom. The van der Waals surface area contributed by atoms with E-state index in [4.69, 9.17) is 19.6 Å². The number of ether oxygens (including phenoxy) is 2. The second-order valence-electron chi connectivity index (χ2n) is 4.72. The molecule has 0 amide bonds.